The van der Waals surface area contributed by atoms with E-state index in [0.29, 0.717) is 23.0 Å². The maximum absolute atomic E-state index is 12.8. The number of azide groups is 1. The third-order valence-corrected chi connectivity index (χ3v) is 7.39. The molecule has 12 heteroatoms. The Morgan fingerprint density at radius 3 is 2.79 bits per heavy atom. The fourth-order valence-corrected chi connectivity index (χ4v) is 5.53. The van der Waals surface area contributed by atoms with Crippen molar-refractivity contribution in [3.8, 4) is 0 Å². The van der Waals surface area contributed by atoms with E-state index in [1.54, 1.807) is 11.0 Å². The number of pyridine rings is 1. The maximum atomic E-state index is 12.8. The Balaban J connectivity index is 1.38. The number of hydrogen-bond acceptors (Lipinski definition) is 8. The number of rotatable bonds is 5. The summed E-state index contributed by atoms with van der Waals surface area (Å²) in [6.45, 7) is 1.53. The Kier molecular flexibility index (Phi) is 6.94. The number of halogens is 1. The monoisotopic (exact) mass is 503 g/mol. The largest absolute Gasteiger partial charge is 0.389 e. The molecule has 1 N–H and O–H groups in total. The van der Waals surface area contributed by atoms with E-state index in [-0.39, 0.29) is 18.2 Å². The zero-order valence-corrected chi connectivity index (χ0v) is 19.5. The van der Waals surface area contributed by atoms with E-state index in [1.165, 1.54) is 6.20 Å². The fourth-order valence-electron chi connectivity index (χ4n) is 4.11. The fraction of sp³-hybridized carbons (Fsp3) is 0.455. The van der Waals surface area contributed by atoms with Gasteiger partial charge in [-0.25, -0.2) is 4.98 Å². The highest BCUT2D eigenvalue weighted by Gasteiger charge is 2.49. The van der Waals surface area contributed by atoms with Crippen molar-refractivity contribution in [1.82, 2.24) is 9.88 Å². The third kappa shape index (κ3) is 4.60. The maximum Gasteiger partial charge on any atom is 0.273 e. The first-order chi connectivity index (χ1) is 16.5. The van der Waals surface area contributed by atoms with Crippen LogP contribution in [-0.2, 0) is 14.2 Å². The molecule has 2 aromatic rings. The van der Waals surface area contributed by atoms with Crippen LogP contribution >= 0.6 is 23.4 Å². The minimum absolute atomic E-state index is 0.179. The molecule has 0 radical (unpaired) electrons. The quantitative estimate of drug-likeness (QED) is 0.375. The molecule has 6 atom stereocenters. The van der Waals surface area contributed by atoms with Crippen LogP contribution in [0.5, 0.6) is 0 Å². The topological polar surface area (TPSA) is 130 Å². The number of amides is 1. The Bertz CT molecular complexity index is 1100. The number of ether oxygens (including phenoxy) is 3. The lowest BCUT2D eigenvalue weighted by Gasteiger charge is -2.46. The molecule has 0 spiro atoms. The minimum Gasteiger partial charge on any atom is -0.389 e. The van der Waals surface area contributed by atoms with Gasteiger partial charge in [0.25, 0.3) is 5.91 Å². The Morgan fingerprint density at radius 2 is 2.09 bits per heavy atom. The normalized spacial score (nSPS) is 30.6. The van der Waals surface area contributed by atoms with Crippen molar-refractivity contribution in [3.63, 3.8) is 0 Å². The molecule has 1 amide bonds. The molecule has 4 unspecified atom stereocenters. The highest BCUT2D eigenvalue weighted by Crippen LogP contribution is 2.41. The van der Waals surface area contributed by atoms with Crippen molar-refractivity contribution < 1.29 is 24.1 Å². The molecule has 10 nitrogen and oxygen atoms in total. The summed E-state index contributed by atoms with van der Waals surface area (Å²) in [5.74, 6) is -0.199. The average Bonchev–Trinajstić information content (AvgIpc) is 2.81. The van der Waals surface area contributed by atoms with E-state index >= 15 is 0 Å². The minimum atomic E-state index is -1.21. The highest BCUT2D eigenvalue weighted by atomic mass is 35.5. The second kappa shape index (κ2) is 10.1. The summed E-state index contributed by atoms with van der Waals surface area (Å²) < 4.78 is 18.1. The summed E-state index contributed by atoms with van der Waals surface area (Å²) in [5, 5.41) is 15.3. The van der Waals surface area contributed by atoms with Crippen LogP contribution in [0.3, 0.4) is 0 Å². The Labute approximate surface area is 204 Å². The van der Waals surface area contributed by atoms with E-state index < -0.39 is 36.1 Å². The van der Waals surface area contributed by atoms with Gasteiger partial charge in [-0.1, -0.05) is 58.8 Å². The lowest BCUT2D eigenvalue weighted by atomic mass is 9.97. The molecule has 3 aliphatic heterocycles. The molecule has 3 aliphatic rings. The van der Waals surface area contributed by atoms with E-state index in [1.807, 2.05) is 30.3 Å². The van der Waals surface area contributed by atoms with Gasteiger partial charge in [0.05, 0.1) is 17.7 Å². The van der Waals surface area contributed by atoms with Crippen LogP contribution in [0.25, 0.3) is 10.4 Å². The number of carbonyl (C=O) groups excluding carboxylic acids is 1. The van der Waals surface area contributed by atoms with Crippen LogP contribution in [-0.4, -0.2) is 70.4 Å². The van der Waals surface area contributed by atoms with Gasteiger partial charge in [0.2, 0.25) is 0 Å². The molecule has 1 aromatic heterocycles. The first kappa shape index (κ1) is 23.4. The summed E-state index contributed by atoms with van der Waals surface area (Å²) in [7, 11) is 0. The van der Waals surface area contributed by atoms with E-state index in [0.717, 1.165) is 23.7 Å². The molecular weight excluding hydrogens is 482 g/mol. The van der Waals surface area contributed by atoms with Crippen molar-refractivity contribution in [2.75, 3.05) is 19.7 Å². The van der Waals surface area contributed by atoms with E-state index in [2.05, 4.69) is 15.0 Å². The van der Waals surface area contributed by atoms with Crippen LogP contribution in [0.15, 0.2) is 52.6 Å². The molecule has 5 rings (SSSR count). The number of aliphatic hydroxyl groups is 1. The van der Waals surface area contributed by atoms with Gasteiger partial charge in [-0.15, -0.1) is 0 Å². The molecule has 3 saturated heterocycles. The van der Waals surface area contributed by atoms with Crippen LogP contribution in [0, 0.1) is 0 Å². The molecular formula is C22H22ClN5O5S. The summed E-state index contributed by atoms with van der Waals surface area (Å²) in [6, 6.07) is 10.1. The Morgan fingerprint density at radius 1 is 1.29 bits per heavy atom. The van der Waals surface area contributed by atoms with E-state index in [9.17, 15) is 9.90 Å². The number of carbonyl (C=O) groups is 1. The number of nitrogens with zero attached hydrogens (tertiary/aromatic N) is 5. The first-order valence-electron chi connectivity index (χ1n) is 10.9. The molecule has 0 saturated carbocycles. The molecule has 4 heterocycles. The number of fused-ring (bicyclic) bond motifs is 1. The zero-order chi connectivity index (χ0) is 23.7. The second-order valence-corrected chi connectivity index (χ2v) is 9.75. The lowest BCUT2D eigenvalue weighted by Crippen LogP contribution is -2.60. The van der Waals surface area contributed by atoms with Gasteiger partial charge in [-0.05, 0) is 18.0 Å². The summed E-state index contributed by atoms with van der Waals surface area (Å²) in [5.41, 5.74) is 9.36. The predicted octanol–water partition coefficient (Wildman–Crippen LogP) is 3.55. The Hall–Kier alpha value is -2.37. The molecule has 178 valence electrons. The summed E-state index contributed by atoms with van der Waals surface area (Å²) in [6.07, 6.45) is -0.797. The van der Waals surface area contributed by atoms with Gasteiger partial charge in [0.1, 0.15) is 29.4 Å². The third-order valence-electron chi connectivity index (χ3n) is 6.00. The van der Waals surface area contributed by atoms with E-state index in [4.69, 9.17) is 31.3 Å². The van der Waals surface area contributed by atoms with Crippen molar-refractivity contribution in [1.29, 1.82) is 0 Å². The molecule has 1 aromatic carbocycles. The molecule has 0 aliphatic carbocycles. The molecule has 0 bridgehead atoms. The van der Waals surface area contributed by atoms with Crippen LogP contribution < -0.4 is 0 Å². The van der Waals surface area contributed by atoms with Crippen molar-refractivity contribution >= 4 is 29.3 Å². The number of benzene rings is 1. The van der Waals surface area contributed by atoms with Gasteiger partial charge >= 0.3 is 0 Å². The van der Waals surface area contributed by atoms with Gasteiger partial charge < -0.3 is 24.2 Å². The molecule has 34 heavy (non-hydrogen) atoms. The predicted molar refractivity (Wildman–Crippen MR) is 123 cm³/mol. The van der Waals surface area contributed by atoms with Gasteiger partial charge in [0.15, 0.2) is 6.29 Å². The summed E-state index contributed by atoms with van der Waals surface area (Å²) >= 11 is 7.27. The number of aliphatic hydroxyl groups excluding tert-OH is 1. The van der Waals surface area contributed by atoms with Gasteiger partial charge in [-0.2, -0.15) is 0 Å². The van der Waals surface area contributed by atoms with Crippen molar-refractivity contribution in [3.05, 3.63) is 69.3 Å². The molecule has 3 fully saturated rings. The zero-order valence-electron chi connectivity index (χ0n) is 17.9. The average molecular weight is 504 g/mol. The number of hydrogen-bond donors (Lipinski definition) is 1. The van der Waals surface area contributed by atoms with Gasteiger partial charge in [0, 0.05) is 34.7 Å². The van der Waals surface area contributed by atoms with Crippen LogP contribution in [0.2, 0.25) is 5.02 Å². The highest BCUT2D eigenvalue weighted by molar-refractivity contribution is 8.00. The first-order valence-corrected chi connectivity index (χ1v) is 12.1. The smallest absolute Gasteiger partial charge is 0.273 e. The number of thioether (sulfide) groups is 1. The van der Waals surface area contributed by atoms with Crippen LogP contribution in [0.4, 0.5) is 0 Å². The van der Waals surface area contributed by atoms with Crippen molar-refractivity contribution in [2.24, 2.45) is 5.11 Å². The standard InChI is InChI=1S/C22H22ClN5O5S/c23-13-9-15(16(25-10-13)20(30)28-7-4-8-28)34-22-18(29)17(26-27-24)19-14(32-22)11-31-21(33-19)12-5-2-1-3-6-12/h1-3,5-6,9-10,14,17-19,21-22,29H,4,7-8,11H2/t14?,17?,18?,19-,21?,22+/m0/s1. The van der Waals surface area contributed by atoms with Crippen molar-refractivity contribution in [2.45, 2.75) is 47.4 Å². The SMILES string of the molecule is [N-]=[N+]=NC1C(O)[C@@H](Sc2cc(Cl)cnc2C(=O)N2CCC2)OC2COC(c3ccccc3)O[C@@H]21. The van der Waals surface area contributed by atoms with Gasteiger partial charge in [-0.3, -0.25) is 4.79 Å². The second-order valence-electron chi connectivity index (χ2n) is 8.17. The number of aromatic nitrogens is 1. The lowest BCUT2D eigenvalue weighted by molar-refractivity contribution is -0.297. The number of likely N-dealkylation sites (tertiary alicyclic amines) is 1. The summed E-state index contributed by atoms with van der Waals surface area (Å²) in [4.78, 5) is 22.2. The van der Waals surface area contributed by atoms with Crippen LogP contribution in [0.1, 0.15) is 28.8 Å².